The van der Waals surface area contributed by atoms with E-state index in [2.05, 4.69) is 205 Å². The van der Waals surface area contributed by atoms with Gasteiger partial charge in [0.25, 0.3) is 6.71 Å². The van der Waals surface area contributed by atoms with Crippen LogP contribution in [0.3, 0.4) is 0 Å². The summed E-state index contributed by atoms with van der Waals surface area (Å²) in [5, 5.41) is 11.0. The minimum atomic E-state index is -2.27. The van der Waals surface area contributed by atoms with Gasteiger partial charge in [-0.25, -0.2) is 0 Å². The Labute approximate surface area is 367 Å². The van der Waals surface area contributed by atoms with Crippen LogP contribution in [0.25, 0.3) is 60.2 Å². The molecule has 0 atom stereocenters. The molecule has 3 aliphatic rings. The number of anilines is 3. The molecule has 3 aliphatic heterocycles. The van der Waals surface area contributed by atoms with Gasteiger partial charge in [0.2, 0.25) is 0 Å². The molecule has 0 bridgehead atoms. The lowest BCUT2D eigenvalue weighted by atomic mass is 9.33. The Morgan fingerprint density at radius 3 is 1.90 bits per heavy atom. The lowest BCUT2D eigenvalue weighted by molar-refractivity contribution is 0.590. The Bertz CT molecular complexity index is 3440. The van der Waals surface area contributed by atoms with Crippen LogP contribution in [-0.2, 0) is 16.2 Å². The number of fused-ring (bicyclic) bond motifs is 13. The van der Waals surface area contributed by atoms with Gasteiger partial charge in [-0.2, -0.15) is 0 Å². The molecule has 7 aromatic carbocycles. The quantitative estimate of drug-likeness (QED) is 0.122. The van der Waals surface area contributed by atoms with E-state index in [1.807, 2.05) is 12.4 Å². The predicted octanol–water partition coefficient (Wildman–Crippen LogP) is 11.8. The van der Waals surface area contributed by atoms with Crippen molar-refractivity contribution < 1.29 is 0 Å². The smallest absolute Gasteiger partial charge is 0.252 e. The van der Waals surface area contributed by atoms with E-state index in [0.717, 1.165) is 0 Å². The van der Waals surface area contributed by atoms with Crippen LogP contribution < -0.4 is 31.7 Å². The number of hydrogen-bond acceptors (Lipinski definition) is 2. The highest BCUT2D eigenvalue weighted by Crippen LogP contribution is 2.47. The van der Waals surface area contributed by atoms with Crippen molar-refractivity contribution in [3.8, 4) is 16.8 Å². The van der Waals surface area contributed by atoms with E-state index in [4.69, 9.17) is 0 Å². The second-order valence-electron chi connectivity index (χ2n) is 22.1. The average molecular weight is 820 g/mol. The molecular formula is C57H54BN3Si. The topological polar surface area (TPSA) is 21.1 Å². The first kappa shape index (κ1) is 37.8. The number of benzene rings is 7. The summed E-state index contributed by atoms with van der Waals surface area (Å²) in [7, 11) is -2.27. The van der Waals surface area contributed by atoms with Crippen molar-refractivity contribution in [3.05, 3.63) is 144 Å². The highest BCUT2D eigenvalue weighted by atomic mass is 28.3. The fourth-order valence-electron chi connectivity index (χ4n) is 11.4. The number of rotatable bonds is 1. The first-order chi connectivity index (χ1) is 29.4. The van der Waals surface area contributed by atoms with Crippen molar-refractivity contribution in [2.24, 2.45) is 0 Å². The Kier molecular flexibility index (Phi) is 7.42. The molecule has 9 aromatic rings. The molecule has 0 spiro atoms. The van der Waals surface area contributed by atoms with E-state index in [-0.39, 0.29) is 23.0 Å². The molecule has 0 aliphatic carbocycles. The normalized spacial score (nSPS) is 15.1. The first-order valence-corrected chi connectivity index (χ1v) is 25.6. The highest BCUT2D eigenvalue weighted by molar-refractivity contribution is 7.06. The van der Waals surface area contributed by atoms with Gasteiger partial charge < -0.3 is 9.47 Å². The minimum Gasteiger partial charge on any atom is -0.312 e. The van der Waals surface area contributed by atoms with E-state index < -0.39 is 8.07 Å². The van der Waals surface area contributed by atoms with Gasteiger partial charge in [-0.15, -0.1) is 0 Å². The zero-order chi connectivity index (χ0) is 43.0. The van der Waals surface area contributed by atoms with Gasteiger partial charge in [-0.05, 0) is 135 Å². The third-order valence-electron chi connectivity index (χ3n) is 14.9. The molecular weight excluding hydrogens is 766 g/mol. The summed E-state index contributed by atoms with van der Waals surface area (Å²) in [6.07, 6.45) is 3.88. The number of nitrogens with zero attached hydrogens (tertiary/aromatic N) is 3. The minimum absolute atomic E-state index is 0.0109. The zero-order valence-corrected chi connectivity index (χ0v) is 39.0. The molecule has 0 radical (unpaired) electrons. The third-order valence-corrected chi connectivity index (χ3v) is 18.4. The Hall–Kier alpha value is -5.91. The van der Waals surface area contributed by atoms with Crippen LogP contribution in [0.15, 0.2) is 128 Å². The van der Waals surface area contributed by atoms with Crippen LogP contribution in [0.4, 0.5) is 17.1 Å². The Morgan fingerprint density at radius 1 is 0.500 bits per heavy atom. The second kappa shape index (κ2) is 12.2. The summed E-state index contributed by atoms with van der Waals surface area (Å²) in [4.78, 5) is 7.19. The third kappa shape index (κ3) is 5.03. The molecule has 0 saturated carbocycles. The summed E-state index contributed by atoms with van der Waals surface area (Å²) in [6, 6.07) is 45.7. The average Bonchev–Trinajstić information content (AvgIpc) is 3.56. The van der Waals surface area contributed by atoms with Crippen LogP contribution in [0.1, 0.15) is 79.0 Å². The summed E-state index contributed by atoms with van der Waals surface area (Å²) >= 11 is 0. The van der Waals surface area contributed by atoms with E-state index in [1.165, 1.54) is 115 Å². The maximum absolute atomic E-state index is 4.47. The number of hydrogen-bond donors (Lipinski definition) is 0. The van der Waals surface area contributed by atoms with E-state index in [1.54, 1.807) is 5.19 Å². The van der Waals surface area contributed by atoms with Gasteiger partial charge >= 0.3 is 0 Å². The summed E-state index contributed by atoms with van der Waals surface area (Å²) in [5.74, 6) is 0. The van der Waals surface area contributed by atoms with Crippen molar-refractivity contribution in [2.45, 2.75) is 91.7 Å². The van der Waals surface area contributed by atoms with E-state index >= 15 is 0 Å². The lowest BCUT2D eigenvalue weighted by Gasteiger charge is -2.49. The molecule has 2 aromatic heterocycles. The molecule has 3 nitrogen and oxygen atoms in total. The molecule has 0 saturated heterocycles. The zero-order valence-electron chi connectivity index (χ0n) is 38.0. The van der Waals surface area contributed by atoms with Gasteiger partial charge in [-0.1, -0.05) is 148 Å². The largest absolute Gasteiger partial charge is 0.312 e. The first-order valence-electron chi connectivity index (χ1n) is 22.6. The predicted molar refractivity (Wildman–Crippen MR) is 271 cm³/mol. The van der Waals surface area contributed by atoms with Crippen molar-refractivity contribution >= 4 is 102 Å². The number of pyridine rings is 1. The lowest BCUT2D eigenvalue weighted by Crippen LogP contribution is -2.67. The van der Waals surface area contributed by atoms with Crippen LogP contribution >= 0.6 is 0 Å². The van der Waals surface area contributed by atoms with E-state index in [9.17, 15) is 0 Å². The van der Waals surface area contributed by atoms with Crippen molar-refractivity contribution in [1.29, 1.82) is 0 Å². The standard InChI is InChI=1S/C57H54BN3Si/c1-55(2,3)36-17-20-40-43-32-42-39-15-13-12-14-34(39)16-19-41(42)51-53(43)61(46(40)29-36)48-27-35(33-22-24-59-25-23-33)26-47-52(48)58(51)44-28-38(57(7,8)9)31-50-54(44)60(47)45-21-18-37(56(4,5)6)30-49(45)62(50,10)11/h12-32H,1-11H3. The fraction of sp³-hybridized carbons (Fsp3) is 0.246. The van der Waals surface area contributed by atoms with Crippen LogP contribution in [0, 0.1) is 0 Å². The molecule has 62 heavy (non-hydrogen) atoms. The van der Waals surface area contributed by atoms with Gasteiger partial charge in [0, 0.05) is 51.4 Å². The van der Waals surface area contributed by atoms with Crippen LogP contribution in [0.2, 0.25) is 13.1 Å². The monoisotopic (exact) mass is 819 g/mol. The Balaban J connectivity index is 1.33. The van der Waals surface area contributed by atoms with Crippen molar-refractivity contribution in [1.82, 2.24) is 9.55 Å². The number of aromatic nitrogens is 2. The molecule has 0 amide bonds. The van der Waals surface area contributed by atoms with Gasteiger partial charge in [-0.3, -0.25) is 4.98 Å². The molecule has 12 rings (SSSR count). The molecule has 5 heterocycles. The molecule has 304 valence electrons. The SMILES string of the molecule is CC(C)(C)c1ccc2c(c1)[Si](C)(C)c1cc(C(C)(C)C)cc3c1N2c1cc(-c2ccncc2)cc2c1B3c1c3ccc4ccccc4c3cc3c4ccc(C(C)(C)C)cc4n-2c13. The van der Waals surface area contributed by atoms with Gasteiger partial charge in [0.1, 0.15) is 8.07 Å². The van der Waals surface area contributed by atoms with Crippen LogP contribution in [-0.4, -0.2) is 24.3 Å². The van der Waals surface area contributed by atoms with Crippen molar-refractivity contribution in [2.75, 3.05) is 4.90 Å². The summed E-state index contributed by atoms with van der Waals surface area (Å²) in [6.45, 7) is 26.5. The highest BCUT2D eigenvalue weighted by Gasteiger charge is 2.50. The molecule has 0 N–H and O–H groups in total. The molecule has 5 heteroatoms. The van der Waals surface area contributed by atoms with E-state index in [0.29, 0.717) is 0 Å². The Morgan fingerprint density at radius 2 is 1.16 bits per heavy atom. The van der Waals surface area contributed by atoms with Crippen molar-refractivity contribution in [3.63, 3.8) is 0 Å². The summed E-state index contributed by atoms with van der Waals surface area (Å²) < 4.78 is 2.68. The van der Waals surface area contributed by atoms with Gasteiger partial charge in [0.15, 0.2) is 0 Å². The fourth-order valence-corrected chi connectivity index (χ4v) is 14.4. The second-order valence-corrected chi connectivity index (χ2v) is 26.5. The van der Waals surface area contributed by atoms with Crippen LogP contribution in [0.5, 0.6) is 0 Å². The van der Waals surface area contributed by atoms with Gasteiger partial charge in [0.05, 0.1) is 5.52 Å². The molecule has 0 unspecified atom stereocenters. The molecule has 0 fully saturated rings. The maximum atomic E-state index is 4.47. The summed E-state index contributed by atoms with van der Waals surface area (Å²) in [5.41, 5.74) is 18.7. The maximum Gasteiger partial charge on any atom is 0.252 e.